The Hall–Kier alpha value is -1.12. The minimum absolute atomic E-state index is 0.182. The first kappa shape index (κ1) is 12.0. The van der Waals surface area contributed by atoms with Gasteiger partial charge < -0.3 is 5.11 Å². The van der Waals surface area contributed by atoms with Gasteiger partial charge in [-0.15, -0.1) is 0 Å². The van der Waals surface area contributed by atoms with Crippen molar-refractivity contribution in [2.45, 2.75) is 18.3 Å². The summed E-state index contributed by atoms with van der Waals surface area (Å²) in [6, 6.07) is 0. The number of aliphatic hydroxyl groups excluding tert-OH is 1. The van der Waals surface area contributed by atoms with Crippen LogP contribution in [-0.2, 0) is 10.0 Å². The summed E-state index contributed by atoms with van der Waals surface area (Å²) in [7, 11) is -3.88. The Balaban J connectivity index is 2.95. The number of halogens is 1. The van der Waals surface area contributed by atoms with Gasteiger partial charge in [0.15, 0.2) is 11.6 Å². The molecule has 84 valence electrons. The number of hydrogen-bond donors (Lipinski definition) is 2. The third-order valence-electron chi connectivity index (χ3n) is 1.87. The fourth-order valence-corrected chi connectivity index (χ4v) is 1.35. The Morgan fingerprint density at radius 2 is 1.93 bits per heavy atom. The molecule has 0 spiro atoms. The van der Waals surface area contributed by atoms with Gasteiger partial charge in [0, 0.05) is 0 Å². The number of hydrogen-bond acceptors (Lipinski definition) is 5. The van der Waals surface area contributed by atoms with E-state index in [0.717, 1.165) is 12.4 Å². The van der Waals surface area contributed by atoms with Gasteiger partial charge >= 0.3 is 0 Å². The molecule has 1 aromatic rings. The summed E-state index contributed by atoms with van der Waals surface area (Å²) in [5, 5.41) is 13.1. The SMILES string of the molecule is C[C@@H]([C@H](O)c1ncc(F)cn1)S(N)(=O)=O. The number of aliphatic hydroxyl groups is 1. The monoisotopic (exact) mass is 235 g/mol. The molecule has 0 fully saturated rings. The van der Waals surface area contributed by atoms with Gasteiger partial charge in [0.1, 0.15) is 11.4 Å². The third kappa shape index (κ3) is 2.91. The Bertz CT molecular complexity index is 433. The van der Waals surface area contributed by atoms with Crippen molar-refractivity contribution in [2.24, 2.45) is 5.14 Å². The number of primary sulfonamides is 1. The van der Waals surface area contributed by atoms with Crippen LogP contribution < -0.4 is 5.14 Å². The molecule has 1 aromatic heterocycles. The highest BCUT2D eigenvalue weighted by Crippen LogP contribution is 2.16. The quantitative estimate of drug-likeness (QED) is 0.722. The second-order valence-corrected chi connectivity index (χ2v) is 4.92. The number of rotatable bonds is 3. The largest absolute Gasteiger partial charge is 0.384 e. The second kappa shape index (κ2) is 4.17. The van der Waals surface area contributed by atoms with E-state index < -0.39 is 27.2 Å². The molecule has 0 radical (unpaired) electrons. The van der Waals surface area contributed by atoms with Gasteiger partial charge in [0.05, 0.1) is 12.4 Å². The fourth-order valence-electron chi connectivity index (χ4n) is 0.865. The van der Waals surface area contributed by atoms with Crippen LogP contribution in [0.15, 0.2) is 12.4 Å². The number of nitrogens with two attached hydrogens (primary N) is 1. The zero-order valence-corrected chi connectivity index (χ0v) is 8.65. The van der Waals surface area contributed by atoms with E-state index in [0.29, 0.717) is 0 Å². The van der Waals surface area contributed by atoms with Crippen molar-refractivity contribution in [3.05, 3.63) is 24.0 Å². The molecular formula is C7H10FN3O3S. The Morgan fingerprint density at radius 1 is 1.47 bits per heavy atom. The number of aromatic nitrogens is 2. The summed E-state index contributed by atoms with van der Waals surface area (Å²) in [4.78, 5) is 6.91. The molecule has 0 saturated carbocycles. The predicted molar refractivity (Wildman–Crippen MR) is 49.5 cm³/mol. The van der Waals surface area contributed by atoms with Crippen molar-refractivity contribution >= 4 is 10.0 Å². The maximum absolute atomic E-state index is 12.4. The van der Waals surface area contributed by atoms with Crippen molar-refractivity contribution in [3.63, 3.8) is 0 Å². The summed E-state index contributed by atoms with van der Waals surface area (Å²) in [6.45, 7) is 1.21. The lowest BCUT2D eigenvalue weighted by Gasteiger charge is -2.14. The van der Waals surface area contributed by atoms with E-state index in [-0.39, 0.29) is 5.82 Å². The maximum Gasteiger partial charge on any atom is 0.214 e. The van der Waals surface area contributed by atoms with Crippen molar-refractivity contribution in [2.75, 3.05) is 0 Å². The number of sulfonamides is 1. The van der Waals surface area contributed by atoms with E-state index in [2.05, 4.69) is 9.97 Å². The van der Waals surface area contributed by atoms with Crippen LogP contribution in [0.3, 0.4) is 0 Å². The molecule has 1 rings (SSSR count). The van der Waals surface area contributed by atoms with Crippen LogP contribution in [-0.4, -0.2) is 28.7 Å². The number of nitrogens with zero attached hydrogens (tertiary/aromatic N) is 2. The second-order valence-electron chi connectivity index (χ2n) is 3.00. The highest BCUT2D eigenvalue weighted by Gasteiger charge is 2.28. The minimum atomic E-state index is -3.88. The highest BCUT2D eigenvalue weighted by molar-refractivity contribution is 7.89. The van der Waals surface area contributed by atoms with Gasteiger partial charge in [-0.05, 0) is 6.92 Å². The molecule has 8 heteroatoms. The molecule has 0 amide bonds. The normalized spacial score (nSPS) is 16.0. The molecule has 3 N–H and O–H groups in total. The van der Waals surface area contributed by atoms with Crippen molar-refractivity contribution in [1.29, 1.82) is 0 Å². The van der Waals surface area contributed by atoms with Gasteiger partial charge in [0.2, 0.25) is 10.0 Å². The summed E-state index contributed by atoms with van der Waals surface area (Å²) in [5.41, 5.74) is 0. The fraction of sp³-hybridized carbons (Fsp3) is 0.429. The molecule has 1 heterocycles. The zero-order valence-electron chi connectivity index (χ0n) is 7.83. The van der Waals surface area contributed by atoms with Gasteiger partial charge in [-0.25, -0.2) is 27.9 Å². The van der Waals surface area contributed by atoms with E-state index >= 15 is 0 Å². The van der Waals surface area contributed by atoms with Crippen molar-refractivity contribution in [3.8, 4) is 0 Å². The lowest BCUT2D eigenvalue weighted by molar-refractivity contribution is 0.165. The molecular weight excluding hydrogens is 225 g/mol. The molecule has 0 aliphatic carbocycles. The average molecular weight is 235 g/mol. The van der Waals surface area contributed by atoms with Gasteiger partial charge in [-0.2, -0.15) is 0 Å². The Kier molecular flexibility index (Phi) is 3.32. The van der Waals surface area contributed by atoms with Crippen LogP contribution >= 0.6 is 0 Å². The summed E-state index contributed by atoms with van der Waals surface area (Å²) < 4.78 is 34.2. The predicted octanol–water partition coefficient (Wildman–Crippen LogP) is -0.674. The lowest BCUT2D eigenvalue weighted by Crippen LogP contribution is -2.32. The molecule has 0 aromatic carbocycles. The molecule has 6 nitrogen and oxygen atoms in total. The Labute approximate surface area is 86.0 Å². The summed E-state index contributed by atoms with van der Waals surface area (Å²) in [6.07, 6.45) is 0.198. The van der Waals surface area contributed by atoms with Gasteiger partial charge in [-0.1, -0.05) is 0 Å². The zero-order chi connectivity index (χ0) is 11.6. The van der Waals surface area contributed by atoms with Crippen LogP contribution in [0.5, 0.6) is 0 Å². The van der Waals surface area contributed by atoms with Gasteiger partial charge in [-0.3, -0.25) is 0 Å². The van der Waals surface area contributed by atoms with Crippen LogP contribution in [0.2, 0.25) is 0 Å². The molecule has 2 atom stereocenters. The first-order valence-corrected chi connectivity index (χ1v) is 5.60. The first-order chi connectivity index (χ1) is 6.82. The molecule has 0 unspecified atom stereocenters. The Morgan fingerprint density at radius 3 is 2.33 bits per heavy atom. The standard InChI is InChI=1S/C7H10FN3O3S/c1-4(15(9,13)14)6(12)7-10-2-5(8)3-11-7/h2-4,6,12H,1H3,(H2,9,13,14)/t4-,6-/m0/s1. The van der Waals surface area contributed by atoms with Crippen LogP contribution in [0.25, 0.3) is 0 Å². The molecule has 15 heavy (non-hydrogen) atoms. The first-order valence-electron chi connectivity index (χ1n) is 3.99. The van der Waals surface area contributed by atoms with E-state index in [4.69, 9.17) is 5.14 Å². The molecule has 0 aliphatic heterocycles. The molecule has 0 saturated heterocycles. The van der Waals surface area contributed by atoms with E-state index in [1.807, 2.05) is 0 Å². The summed E-state index contributed by atoms with van der Waals surface area (Å²) >= 11 is 0. The van der Waals surface area contributed by atoms with Gasteiger partial charge in [0.25, 0.3) is 0 Å². The van der Waals surface area contributed by atoms with Crippen molar-refractivity contribution in [1.82, 2.24) is 9.97 Å². The molecule has 0 bridgehead atoms. The average Bonchev–Trinajstić information content (AvgIpc) is 2.15. The van der Waals surface area contributed by atoms with Crippen LogP contribution in [0.4, 0.5) is 4.39 Å². The van der Waals surface area contributed by atoms with Crippen LogP contribution in [0, 0.1) is 5.82 Å². The third-order valence-corrected chi connectivity index (χ3v) is 3.16. The van der Waals surface area contributed by atoms with E-state index in [1.165, 1.54) is 6.92 Å². The van der Waals surface area contributed by atoms with E-state index in [1.54, 1.807) is 0 Å². The van der Waals surface area contributed by atoms with E-state index in [9.17, 15) is 17.9 Å². The van der Waals surface area contributed by atoms with Crippen molar-refractivity contribution < 1.29 is 17.9 Å². The summed E-state index contributed by atoms with van der Waals surface area (Å²) in [5.74, 6) is -0.855. The highest BCUT2D eigenvalue weighted by atomic mass is 32.2. The maximum atomic E-state index is 12.4. The smallest absolute Gasteiger partial charge is 0.214 e. The lowest BCUT2D eigenvalue weighted by atomic mass is 10.2. The topological polar surface area (TPSA) is 106 Å². The molecule has 0 aliphatic rings. The van der Waals surface area contributed by atoms with Crippen LogP contribution in [0.1, 0.15) is 18.9 Å². The minimum Gasteiger partial charge on any atom is -0.384 e.